The molecule has 1 aromatic carbocycles. The maximum atomic E-state index is 12.5. The molecule has 0 radical (unpaired) electrons. The number of allylic oxidation sites excluding steroid dienone is 2. The number of thioether (sulfide) groups is 1. The Bertz CT molecular complexity index is 928. The molecule has 1 heterocycles. The van der Waals surface area contributed by atoms with E-state index in [0.717, 1.165) is 11.3 Å². The third-order valence-corrected chi connectivity index (χ3v) is 6.92. The first-order valence-electron chi connectivity index (χ1n) is 7.01. The first-order valence-corrected chi connectivity index (χ1v) is 10.3. The quantitative estimate of drug-likeness (QED) is 0.864. The van der Waals surface area contributed by atoms with E-state index in [2.05, 4.69) is 4.40 Å². The zero-order valence-electron chi connectivity index (χ0n) is 12.4. The highest BCUT2D eigenvalue weighted by Crippen LogP contribution is 2.29. The van der Waals surface area contributed by atoms with Gasteiger partial charge in [-0.15, -0.1) is 23.1 Å². The van der Waals surface area contributed by atoms with Crippen LogP contribution in [0, 0.1) is 0 Å². The Kier molecular flexibility index (Phi) is 5.00. The summed E-state index contributed by atoms with van der Waals surface area (Å²) in [5.41, 5.74) is 1.15. The van der Waals surface area contributed by atoms with Gasteiger partial charge in [-0.3, -0.25) is 4.79 Å². The molecule has 1 N–H and O–H groups in total. The molecular formula is C16H13NO4S3. The molecule has 0 bridgehead atoms. The van der Waals surface area contributed by atoms with Crippen LogP contribution in [0.5, 0.6) is 0 Å². The van der Waals surface area contributed by atoms with Crippen molar-refractivity contribution in [1.29, 1.82) is 0 Å². The first-order chi connectivity index (χ1) is 11.5. The van der Waals surface area contributed by atoms with Crippen molar-refractivity contribution in [1.82, 2.24) is 0 Å². The largest absolute Gasteiger partial charge is 0.396 e. The predicted octanol–water partition coefficient (Wildman–Crippen LogP) is 2.73. The van der Waals surface area contributed by atoms with E-state index < -0.39 is 10.0 Å². The molecule has 0 saturated heterocycles. The Balaban J connectivity index is 2.12. The van der Waals surface area contributed by atoms with Gasteiger partial charge in [0.15, 0.2) is 5.78 Å². The predicted molar refractivity (Wildman–Crippen MR) is 96.4 cm³/mol. The molecule has 24 heavy (non-hydrogen) atoms. The van der Waals surface area contributed by atoms with Crippen LogP contribution in [0.15, 0.2) is 61.4 Å². The van der Waals surface area contributed by atoms with Crippen molar-refractivity contribution >= 4 is 44.6 Å². The van der Waals surface area contributed by atoms with Crippen LogP contribution in [0.2, 0.25) is 0 Å². The fourth-order valence-corrected chi connectivity index (χ4v) is 4.94. The Morgan fingerprint density at radius 3 is 2.54 bits per heavy atom. The van der Waals surface area contributed by atoms with Crippen LogP contribution in [0.25, 0.3) is 0 Å². The molecule has 0 fully saturated rings. The molecule has 1 aliphatic rings. The van der Waals surface area contributed by atoms with Crippen molar-refractivity contribution in [2.24, 2.45) is 4.40 Å². The van der Waals surface area contributed by atoms with Gasteiger partial charge in [-0.25, -0.2) is 0 Å². The van der Waals surface area contributed by atoms with E-state index in [1.807, 2.05) is 0 Å². The minimum Gasteiger partial charge on any atom is -0.396 e. The molecule has 0 amide bonds. The minimum absolute atomic E-state index is 0.0725. The van der Waals surface area contributed by atoms with Gasteiger partial charge in [0.1, 0.15) is 4.21 Å². The highest BCUT2D eigenvalue weighted by atomic mass is 32.2. The summed E-state index contributed by atoms with van der Waals surface area (Å²) in [5.74, 6) is 0.168. The Morgan fingerprint density at radius 1 is 1.12 bits per heavy atom. The summed E-state index contributed by atoms with van der Waals surface area (Å²) in [6, 6.07) is 9.93. The monoisotopic (exact) mass is 379 g/mol. The van der Waals surface area contributed by atoms with E-state index in [0.29, 0.717) is 21.8 Å². The van der Waals surface area contributed by atoms with E-state index >= 15 is 0 Å². The number of carbonyl (C=O) groups excluding carboxylic acids is 1. The molecule has 0 aliphatic heterocycles. The van der Waals surface area contributed by atoms with Gasteiger partial charge < -0.3 is 5.11 Å². The lowest BCUT2D eigenvalue weighted by molar-refractivity contribution is 0.104. The average molecular weight is 379 g/mol. The maximum absolute atomic E-state index is 12.5. The first kappa shape index (κ1) is 17.1. The molecule has 3 rings (SSSR count). The van der Waals surface area contributed by atoms with Gasteiger partial charge in [-0.2, -0.15) is 12.8 Å². The molecule has 0 spiro atoms. The van der Waals surface area contributed by atoms with Crippen LogP contribution in [0.3, 0.4) is 0 Å². The van der Waals surface area contributed by atoms with E-state index in [4.69, 9.17) is 5.11 Å². The lowest BCUT2D eigenvalue weighted by Crippen LogP contribution is -2.17. The number of carbonyl (C=O) groups is 1. The van der Waals surface area contributed by atoms with Gasteiger partial charge in [0.25, 0.3) is 10.0 Å². The average Bonchev–Trinajstić information content (AvgIpc) is 3.12. The number of Topliss-reactive ketones (excluding diaryl/α,β-unsaturated/α-hetero) is 1. The number of fused-ring (bicyclic) bond motifs is 1. The van der Waals surface area contributed by atoms with Gasteiger partial charge in [0.2, 0.25) is 0 Å². The normalized spacial score (nSPS) is 16.1. The number of benzene rings is 1. The second-order valence-electron chi connectivity index (χ2n) is 4.84. The fraction of sp³-hybridized carbons (Fsp3) is 0.125. The Hall–Kier alpha value is -1.74. The topological polar surface area (TPSA) is 83.8 Å². The molecule has 0 saturated carbocycles. The summed E-state index contributed by atoms with van der Waals surface area (Å²) >= 11 is 2.28. The molecule has 1 aliphatic carbocycles. The summed E-state index contributed by atoms with van der Waals surface area (Å²) < 4.78 is 29.0. The fourth-order valence-electron chi connectivity index (χ4n) is 2.23. The van der Waals surface area contributed by atoms with Crippen molar-refractivity contribution in [2.45, 2.75) is 4.21 Å². The smallest absolute Gasteiger partial charge is 0.292 e. The lowest BCUT2D eigenvalue weighted by atomic mass is 9.94. The molecule has 0 unspecified atom stereocenters. The standard InChI is InChI=1S/C16H13NO4S3/c18-7-9-22-14-10-13(11-4-1-2-5-12(11)16(14)19)17-24(20,21)15-6-3-8-23-15/h1-6,8,10,18H,7,9H2/b17-13-. The number of hydrogen-bond acceptors (Lipinski definition) is 6. The van der Waals surface area contributed by atoms with E-state index in [9.17, 15) is 13.2 Å². The third-order valence-electron chi connectivity index (χ3n) is 3.26. The van der Waals surface area contributed by atoms with Gasteiger partial charge in [0.05, 0.1) is 17.2 Å². The second-order valence-corrected chi connectivity index (χ2v) is 8.75. The van der Waals surface area contributed by atoms with Gasteiger partial charge in [-0.05, 0) is 17.5 Å². The highest BCUT2D eigenvalue weighted by molar-refractivity contribution is 8.04. The lowest BCUT2D eigenvalue weighted by Gasteiger charge is -2.16. The summed E-state index contributed by atoms with van der Waals surface area (Å²) in [6.45, 7) is -0.0725. The zero-order valence-corrected chi connectivity index (χ0v) is 14.8. The van der Waals surface area contributed by atoms with E-state index in [1.54, 1.807) is 35.7 Å². The summed E-state index contributed by atoms with van der Waals surface area (Å²) in [4.78, 5) is 12.9. The van der Waals surface area contributed by atoms with Crippen LogP contribution in [0.4, 0.5) is 0 Å². The minimum atomic E-state index is -3.83. The number of ketones is 1. The molecule has 124 valence electrons. The van der Waals surface area contributed by atoms with Crippen molar-refractivity contribution in [3.05, 3.63) is 63.9 Å². The number of aliphatic hydroxyl groups is 1. The maximum Gasteiger partial charge on any atom is 0.292 e. The molecule has 0 atom stereocenters. The van der Waals surface area contributed by atoms with Crippen LogP contribution in [-0.4, -0.2) is 37.4 Å². The number of aliphatic hydroxyl groups excluding tert-OH is 1. The van der Waals surface area contributed by atoms with Gasteiger partial charge in [0, 0.05) is 16.9 Å². The number of nitrogens with zero attached hydrogens (tertiary/aromatic N) is 1. The number of thiophene rings is 1. The number of hydrogen-bond donors (Lipinski definition) is 1. The summed E-state index contributed by atoms with van der Waals surface area (Å²) in [6.07, 6.45) is 1.48. The number of rotatable bonds is 5. The number of sulfonamides is 1. The van der Waals surface area contributed by atoms with Crippen molar-refractivity contribution < 1.29 is 18.3 Å². The Morgan fingerprint density at radius 2 is 1.88 bits per heavy atom. The van der Waals surface area contributed by atoms with Crippen molar-refractivity contribution in [3.63, 3.8) is 0 Å². The van der Waals surface area contributed by atoms with Crippen LogP contribution < -0.4 is 0 Å². The summed E-state index contributed by atoms with van der Waals surface area (Å²) in [5, 5.41) is 10.6. The molecule has 8 heteroatoms. The molecular weight excluding hydrogens is 366 g/mol. The summed E-state index contributed by atoms with van der Waals surface area (Å²) in [7, 11) is -3.83. The van der Waals surface area contributed by atoms with E-state index in [-0.39, 0.29) is 22.3 Å². The van der Waals surface area contributed by atoms with Crippen molar-refractivity contribution in [2.75, 3.05) is 12.4 Å². The van der Waals surface area contributed by atoms with Crippen LogP contribution >= 0.6 is 23.1 Å². The Labute approximate surface area is 147 Å². The second kappa shape index (κ2) is 7.02. The van der Waals surface area contributed by atoms with Crippen LogP contribution in [-0.2, 0) is 10.0 Å². The SMILES string of the molecule is O=C1C(SCCO)=C/C(=N/S(=O)(=O)c2cccs2)c2ccccc21. The zero-order chi connectivity index (χ0) is 17.2. The molecule has 1 aromatic heterocycles. The van der Waals surface area contributed by atoms with E-state index in [1.165, 1.54) is 23.9 Å². The van der Waals surface area contributed by atoms with Gasteiger partial charge in [-0.1, -0.05) is 30.3 Å². The van der Waals surface area contributed by atoms with Gasteiger partial charge >= 0.3 is 0 Å². The molecule has 2 aromatic rings. The van der Waals surface area contributed by atoms with Crippen LogP contribution in [0.1, 0.15) is 15.9 Å². The molecule has 5 nitrogen and oxygen atoms in total. The van der Waals surface area contributed by atoms with Crippen molar-refractivity contribution in [3.8, 4) is 0 Å². The highest BCUT2D eigenvalue weighted by Gasteiger charge is 2.26. The third kappa shape index (κ3) is 3.36.